The summed E-state index contributed by atoms with van der Waals surface area (Å²) in [5.74, 6) is 0.526. The van der Waals surface area contributed by atoms with Crippen molar-refractivity contribution in [2.75, 3.05) is 11.5 Å². The van der Waals surface area contributed by atoms with E-state index in [1.165, 1.54) is 0 Å². The van der Waals surface area contributed by atoms with Gasteiger partial charge in [-0.25, -0.2) is 4.98 Å². The minimum atomic E-state index is -0.331. The van der Waals surface area contributed by atoms with Crippen molar-refractivity contribution < 1.29 is 0 Å². The molecule has 0 bridgehead atoms. The first-order valence-electron chi connectivity index (χ1n) is 6.75. The molecule has 1 heterocycles. The van der Waals surface area contributed by atoms with Gasteiger partial charge in [-0.3, -0.25) is 0 Å². The highest BCUT2D eigenvalue weighted by atomic mass is 35.5. The second-order valence-electron chi connectivity index (χ2n) is 5.62. The van der Waals surface area contributed by atoms with Crippen molar-refractivity contribution in [3.05, 3.63) is 51.1 Å². The molecular weight excluding hydrogens is 319 g/mol. The molecule has 2 rings (SSSR count). The third-order valence-electron chi connectivity index (χ3n) is 3.50. The van der Waals surface area contributed by atoms with E-state index in [0.717, 1.165) is 16.8 Å². The molecule has 0 spiro atoms. The lowest BCUT2D eigenvalue weighted by molar-refractivity contribution is 0.673. The monoisotopic (exact) mass is 336 g/mol. The van der Waals surface area contributed by atoms with Gasteiger partial charge in [0.05, 0.1) is 15.7 Å². The van der Waals surface area contributed by atoms with Gasteiger partial charge in [-0.1, -0.05) is 61.3 Å². The minimum absolute atomic E-state index is 0.171. The fourth-order valence-corrected chi connectivity index (χ4v) is 2.76. The van der Waals surface area contributed by atoms with Crippen LogP contribution in [0.25, 0.3) is 6.08 Å². The second-order valence-corrected chi connectivity index (χ2v) is 6.41. The fourth-order valence-electron chi connectivity index (χ4n) is 2.21. The molecule has 0 atom stereocenters. The molecule has 4 nitrogen and oxygen atoms in total. The molecule has 22 heavy (non-hydrogen) atoms. The molecule has 0 saturated carbocycles. The fraction of sp³-hybridized carbons (Fsp3) is 0.250. The van der Waals surface area contributed by atoms with Crippen LogP contribution in [0.1, 0.15) is 30.7 Å². The van der Waals surface area contributed by atoms with Gasteiger partial charge < -0.3 is 11.5 Å². The predicted molar refractivity (Wildman–Crippen MR) is 94.1 cm³/mol. The standard InChI is InChI=1S/C16H18Cl2N4/c1-9-10(14(19)22-15(20)21-9)7-8-16(2,3)11-5-4-6-12(17)13(11)18/h4-8H,1-3H3,(H4,19,20,21,22)/b8-7+. The molecule has 0 saturated heterocycles. The second kappa shape index (κ2) is 6.15. The van der Waals surface area contributed by atoms with Crippen LogP contribution in [0.2, 0.25) is 10.0 Å². The summed E-state index contributed by atoms with van der Waals surface area (Å²) in [6.07, 6.45) is 3.89. The van der Waals surface area contributed by atoms with Crippen molar-refractivity contribution in [3.63, 3.8) is 0 Å². The van der Waals surface area contributed by atoms with Crippen LogP contribution in [0.3, 0.4) is 0 Å². The van der Waals surface area contributed by atoms with Gasteiger partial charge in [-0.15, -0.1) is 0 Å². The Morgan fingerprint density at radius 3 is 2.45 bits per heavy atom. The number of nitrogens with zero attached hydrogens (tertiary/aromatic N) is 2. The Balaban J connectivity index is 2.42. The predicted octanol–water partition coefficient (Wildman–Crippen LogP) is 4.25. The SMILES string of the molecule is Cc1nc(N)nc(N)c1/C=C/C(C)(C)c1cccc(Cl)c1Cl. The summed E-state index contributed by atoms with van der Waals surface area (Å²) in [4.78, 5) is 8.11. The van der Waals surface area contributed by atoms with E-state index in [2.05, 4.69) is 9.97 Å². The first-order chi connectivity index (χ1) is 10.2. The van der Waals surface area contributed by atoms with Crippen molar-refractivity contribution >= 4 is 41.0 Å². The van der Waals surface area contributed by atoms with E-state index in [1.807, 2.05) is 45.1 Å². The summed E-state index contributed by atoms with van der Waals surface area (Å²) >= 11 is 12.4. The van der Waals surface area contributed by atoms with Crippen molar-refractivity contribution in [3.8, 4) is 0 Å². The number of aromatic nitrogens is 2. The van der Waals surface area contributed by atoms with Gasteiger partial charge in [-0.2, -0.15) is 4.98 Å². The van der Waals surface area contributed by atoms with Crippen LogP contribution < -0.4 is 11.5 Å². The maximum Gasteiger partial charge on any atom is 0.222 e. The molecule has 0 radical (unpaired) electrons. The largest absolute Gasteiger partial charge is 0.383 e. The molecule has 0 aliphatic rings. The minimum Gasteiger partial charge on any atom is -0.383 e. The number of allylic oxidation sites excluding steroid dienone is 1. The number of rotatable bonds is 3. The number of nitrogens with two attached hydrogens (primary N) is 2. The highest BCUT2D eigenvalue weighted by Crippen LogP contribution is 2.36. The number of halogens is 2. The molecule has 0 aliphatic carbocycles. The smallest absolute Gasteiger partial charge is 0.222 e. The van der Waals surface area contributed by atoms with Crippen molar-refractivity contribution in [1.82, 2.24) is 9.97 Å². The maximum atomic E-state index is 6.31. The molecule has 1 aromatic heterocycles. The van der Waals surface area contributed by atoms with Gasteiger partial charge in [0, 0.05) is 11.0 Å². The molecule has 0 amide bonds. The van der Waals surface area contributed by atoms with Crippen LogP contribution in [0.15, 0.2) is 24.3 Å². The average molecular weight is 337 g/mol. The molecule has 1 aromatic carbocycles. The Labute approximate surface area is 140 Å². The Bertz CT molecular complexity index is 716. The molecule has 0 fully saturated rings. The Kier molecular flexibility index (Phi) is 4.63. The van der Waals surface area contributed by atoms with E-state index < -0.39 is 0 Å². The van der Waals surface area contributed by atoms with Gasteiger partial charge in [0.1, 0.15) is 5.82 Å². The molecule has 0 unspecified atom stereocenters. The summed E-state index contributed by atoms with van der Waals surface area (Å²) < 4.78 is 0. The van der Waals surface area contributed by atoms with E-state index in [-0.39, 0.29) is 11.4 Å². The highest BCUT2D eigenvalue weighted by molar-refractivity contribution is 6.42. The first kappa shape index (κ1) is 16.6. The molecular formula is C16H18Cl2N4. The summed E-state index contributed by atoms with van der Waals surface area (Å²) in [5.41, 5.74) is 13.6. The molecule has 0 aliphatic heterocycles. The molecule has 6 heteroatoms. The molecule has 4 N–H and O–H groups in total. The van der Waals surface area contributed by atoms with Crippen LogP contribution in [0.4, 0.5) is 11.8 Å². The van der Waals surface area contributed by atoms with Gasteiger partial charge >= 0.3 is 0 Å². The van der Waals surface area contributed by atoms with Gasteiger partial charge in [0.2, 0.25) is 5.95 Å². The summed E-state index contributed by atoms with van der Waals surface area (Å²) in [6.45, 7) is 5.93. The number of aryl methyl sites for hydroxylation is 1. The Morgan fingerprint density at radius 1 is 1.14 bits per heavy atom. The summed E-state index contributed by atoms with van der Waals surface area (Å²) in [6, 6.07) is 5.60. The van der Waals surface area contributed by atoms with E-state index in [0.29, 0.717) is 15.9 Å². The number of hydrogen-bond donors (Lipinski definition) is 2. The summed E-state index contributed by atoms with van der Waals surface area (Å²) in [5, 5.41) is 1.09. The van der Waals surface area contributed by atoms with Crippen molar-refractivity contribution in [2.45, 2.75) is 26.2 Å². The van der Waals surface area contributed by atoms with Gasteiger partial charge in [-0.05, 0) is 18.6 Å². The highest BCUT2D eigenvalue weighted by Gasteiger charge is 2.21. The molecule has 116 valence electrons. The zero-order chi connectivity index (χ0) is 16.5. The van der Waals surface area contributed by atoms with Crippen molar-refractivity contribution in [1.29, 1.82) is 0 Å². The van der Waals surface area contributed by atoms with E-state index in [9.17, 15) is 0 Å². The Hall–Kier alpha value is -1.78. The summed E-state index contributed by atoms with van der Waals surface area (Å²) in [7, 11) is 0. The zero-order valence-corrected chi connectivity index (χ0v) is 14.2. The third-order valence-corrected chi connectivity index (χ3v) is 4.31. The van der Waals surface area contributed by atoms with Crippen LogP contribution in [-0.4, -0.2) is 9.97 Å². The third kappa shape index (κ3) is 3.34. The van der Waals surface area contributed by atoms with Crippen LogP contribution in [-0.2, 0) is 5.41 Å². The normalized spacial score (nSPS) is 12.0. The quantitative estimate of drug-likeness (QED) is 0.878. The average Bonchev–Trinajstić information content (AvgIpc) is 2.40. The van der Waals surface area contributed by atoms with Gasteiger partial charge in [0.25, 0.3) is 0 Å². The number of benzene rings is 1. The number of hydrogen-bond acceptors (Lipinski definition) is 4. The van der Waals surface area contributed by atoms with Crippen LogP contribution in [0, 0.1) is 6.92 Å². The topological polar surface area (TPSA) is 77.8 Å². The lowest BCUT2D eigenvalue weighted by Crippen LogP contribution is -2.14. The van der Waals surface area contributed by atoms with Gasteiger partial charge in [0.15, 0.2) is 0 Å². The lowest BCUT2D eigenvalue weighted by Gasteiger charge is -2.23. The van der Waals surface area contributed by atoms with Crippen LogP contribution >= 0.6 is 23.2 Å². The van der Waals surface area contributed by atoms with E-state index in [4.69, 9.17) is 34.7 Å². The lowest BCUT2D eigenvalue weighted by atomic mass is 9.84. The Morgan fingerprint density at radius 2 is 1.82 bits per heavy atom. The van der Waals surface area contributed by atoms with E-state index >= 15 is 0 Å². The zero-order valence-electron chi connectivity index (χ0n) is 12.7. The maximum absolute atomic E-state index is 6.31. The number of anilines is 2. The van der Waals surface area contributed by atoms with Crippen molar-refractivity contribution in [2.24, 2.45) is 0 Å². The van der Waals surface area contributed by atoms with E-state index in [1.54, 1.807) is 6.07 Å². The first-order valence-corrected chi connectivity index (χ1v) is 7.51. The molecule has 2 aromatic rings. The van der Waals surface area contributed by atoms with Crippen LogP contribution in [0.5, 0.6) is 0 Å². The number of nitrogen functional groups attached to an aromatic ring is 2.